The van der Waals surface area contributed by atoms with E-state index in [0.717, 1.165) is 0 Å². The number of ether oxygens (including phenoxy) is 1. The zero-order valence-electron chi connectivity index (χ0n) is 8.76. The Morgan fingerprint density at radius 1 is 1.62 bits per heavy atom. The molecule has 0 bridgehead atoms. The molecule has 0 radical (unpaired) electrons. The highest BCUT2D eigenvalue weighted by atomic mass is 19.1. The van der Waals surface area contributed by atoms with Crippen LogP contribution in [0.15, 0.2) is 12.7 Å². The minimum absolute atomic E-state index is 0.0550. The van der Waals surface area contributed by atoms with E-state index in [1.165, 1.54) is 11.0 Å². The van der Waals surface area contributed by atoms with E-state index in [9.17, 15) is 14.0 Å². The molecule has 5 nitrogen and oxygen atoms in total. The van der Waals surface area contributed by atoms with E-state index in [4.69, 9.17) is 9.84 Å². The third-order valence-corrected chi connectivity index (χ3v) is 2.35. The molecule has 90 valence electrons. The number of aliphatic carboxylic acids is 1. The molecule has 0 aliphatic carbocycles. The highest BCUT2D eigenvalue weighted by Crippen LogP contribution is 2.22. The summed E-state index contributed by atoms with van der Waals surface area (Å²) in [6.07, 6.45) is -0.921. The summed E-state index contributed by atoms with van der Waals surface area (Å²) >= 11 is 0. The minimum atomic E-state index is -1.85. The van der Waals surface area contributed by atoms with Crippen molar-refractivity contribution in [2.45, 2.75) is 12.6 Å². The number of carbonyl (C=O) groups is 2. The quantitative estimate of drug-likeness (QED) is 0.718. The lowest BCUT2D eigenvalue weighted by Gasteiger charge is -2.38. The number of hydrogen-bond donors (Lipinski definition) is 1. The van der Waals surface area contributed by atoms with Gasteiger partial charge in [-0.05, 0) is 12.3 Å². The number of nitrogens with zero attached hydrogens (tertiary/aromatic N) is 1. The van der Waals surface area contributed by atoms with Crippen LogP contribution in [0.4, 0.5) is 9.18 Å². The zero-order chi connectivity index (χ0) is 12.1. The Balaban J connectivity index is 2.19. The van der Waals surface area contributed by atoms with Crippen molar-refractivity contribution in [3.63, 3.8) is 0 Å². The number of hydrogen-bond acceptors (Lipinski definition) is 3. The van der Waals surface area contributed by atoms with Gasteiger partial charge in [0.05, 0.1) is 0 Å². The maximum Gasteiger partial charge on any atom is 0.410 e. The molecular weight excluding hydrogens is 217 g/mol. The van der Waals surface area contributed by atoms with Gasteiger partial charge >= 0.3 is 12.1 Å². The average Bonchev–Trinajstić information content (AvgIpc) is 2.18. The SMILES string of the molecule is C=CCOC(=O)N1CC(CC(F)C(=O)O)C1. The molecule has 1 N–H and O–H groups in total. The maximum atomic E-state index is 12.8. The number of alkyl halides is 1. The molecule has 6 heteroatoms. The van der Waals surface area contributed by atoms with E-state index >= 15 is 0 Å². The lowest BCUT2D eigenvalue weighted by atomic mass is 9.94. The molecule has 1 heterocycles. The number of amides is 1. The van der Waals surface area contributed by atoms with Crippen LogP contribution in [0.5, 0.6) is 0 Å². The van der Waals surface area contributed by atoms with Gasteiger partial charge < -0.3 is 14.7 Å². The average molecular weight is 231 g/mol. The highest BCUT2D eigenvalue weighted by Gasteiger charge is 2.34. The van der Waals surface area contributed by atoms with Crippen LogP contribution < -0.4 is 0 Å². The Hall–Kier alpha value is -1.59. The highest BCUT2D eigenvalue weighted by molar-refractivity contribution is 5.72. The van der Waals surface area contributed by atoms with Gasteiger partial charge in [0.25, 0.3) is 0 Å². The summed E-state index contributed by atoms with van der Waals surface area (Å²) in [6, 6.07) is 0. The summed E-state index contributed by atoms with van der Waals surface area (Å²) < 4.78 is 17.5. The fraction of sp³-hybridized carbons (Fsp3) is 0.600. The standard InChI is InChI=1S/C10H14FNO4/c1-2-3-16-10(15)12-5-7(6-12)4-8(11)9(13)14/h2,7-8H,1,3-6H2,(H,13,14). The summed E-state index contributed by atoms with van der Waals surface area (Å²) in [5.41, 5.74) is 0. The predicted octanol–water partition coefficient (Wildman–Crippen LogP) is 1.05. The van der Waals surface area contributed by atoms with Crippen LogP contribution in [0.2, 0.25) is 0 Å². The summed E-state index contributed by atoms with van der Waals surface area (Å²) in [7, 11) is 0. The van der Waals surface area contributed by atoms with Crippen molar-refractivity contribution in [2.75, 3.05) is 19.7 Å². The fourth-order valence-corrected chi connectivity index (χ4v) is 1.48. The summed E-state index contributed by atoms with van der Waals surface area (Å²) in [5.74, 6) is -1.55. The Morgan fingerprint density at radius 3 is 2.75 bits per heavy atom. The van der Waals surface area contributed by atoms with Crippen LogP contribution in [0.1, 0.15) is 6.42 Å². The van der Waals surface area contributed by atoms with E-state index in [0.29, 0.717) is 13.1 Å². The van der Waals surface area contributed by atoms with Crippen LogP contribution in [0.25, 0.3) is 0 Å². The molecule has 16 heavy (non-hydrogen) atoms. The first-order valence-electron chi connectivity index (χ1n) is 4.94. The van der Waals surface area contributed by atoms with Gasteiger partial charge in [-0.2, -0.15) is 0 Å². The van der Waals surface area contributed by atoms with Gasteiger partial charge in [0.15, 0.2) is 6.17 Å². The van der Waals surface area contributed by atoms with E-state index in [-0.39, 0.29) is 18.9 Å². The smallest absolute Gasteiger partial charge is 0.410 e. The molecule has 0 spiro atoms. The second-order valence-electron chi connectivity index (χ2n) is 3.68. The van der Waals surface area contributed by atoms with Gasteiger partial charge in [-0.15, -0.1) is 0 Å². The second kappa shape index (κ2) is 5.48. The first kappa shape index (κ1) is 12.5. The zero-order valence-corrected chi connectivity index (χ0v) is 8.76. The van der Waals surface area contributed by atoms with Crippen LogP contribution in [-0.4, -0.2) is 47.9 Å². The molecule has 0 aromatic heterocycles. The molecule has 1 aliphatic rings. The molecule has 1 fully saturated rings. The molecule has 1 atom stereocenters. The van der Waals surface area contributed by atoms with E-state index in [1.807, 2.05) is 0 Å². The first-order chi connectivity index (χ1) is 7.54. The van der Waals surface area contributed by atoms with Gasteiger partial charge in [0, 0.05) is 13.1 Å². The lowest BCUT2D eigenvalue weighted by Crippen LogP contribution is -2.51. The van der Waals surface area contributed by atoms with Crippen molar-refractivity contribution < 1.29 is 23.8 Å². The number of carboxylic acid groups (broad SMARTS) is 1. The van der Waals surface area contributed by atoms with Crippen molar-refractivity contribution in [1.29, 1.82) is 0 Å². The summed E-state index contributed by atoms with van der Waals surface area (Å²) in [6.45, 7) is 4.24. The Bertz CT molecular complexity index is 289. The van der Waals surface area contributed by atoms with Crippen molar-refractivity contribution in [1.82, 2.24) is 4.90 Å². The van der Waals surface area contributed by atoms with Crippen molar-refractivity contribution in [3.05, 3.63) is 12.7 Å². The number of halogens is 1. The van der Waals surface area contributed by atoms with Crippen molar-refractivity contribution >= 4 is 12.1 Å². The monoisotopic (exact) mass is 231 g/mol. The molecule has 0 aromatic carbocycles. The maximum absolute atomic E-state index is 12.8. The van der Waals surface area contributed by atoms with Gasteiger partial charge in [-0.3, -0.25) is 0 Å². The molecule has 0 saturated carbocycles. The van der Waals surface area contributed by atoms with E-state index in [1.54, 1.807) is 0 Å². The van der Waals surface area contributed by atoms with E-state index < -0.39 is 18.2 Å². The van der Waals surface area contributed by atoms with Gasteiger partial charge in [-0.25, -0.2) is 14.0 Å². The number of carboxylic acids is 1. The first-order valence-corrected chi connectivity index (χ1v) is 4.94. The van der Waals surface area contributed by atoms with Gasteiger partial charge in [-0.1, -0.05) is 12.7 Å². The Morgan fingerprint density at radius 2 is 2.25 bits per heavy atom. The third-order valence-electron chi connectivity index (χ3n) is 2.35. The number of likely N-dealkylation sites (tertiary alicyclic amines) is 1. The van der Waals surface area contributed by atoms with Crippen LogP contribution in [0.3, 0.4) is 0 Å². The second-order valence-corrected chi connectivity index (χ2v) is 3.68. The molecule has 1 saturated heterocycles. The largest absolute Gasteiger partial charge is 0.479 e. The van der Waals surface area contributed by atoms with E-state index in [2.05, 4.69) is 6.58 Å². The molecule has 1 amide bonds. The fourth-order valence-electron chi connectivity index (χ4n) is 1.48. The van der Waals surface area contributed by atoms with Crippen molar-refractivity contribution in [2.24, 2.45) is 5.92 Å². The molecule has 1 unspecified atom stereocenters. The lowest BCUT2D eigenvalue weighted by molar-refractivity contribution is -0.143. The molecular formula is C10H14FNO4. The predicted molar refractivity (Wildman–Crippen MR) is 53.8 cm³/mol. The molecule has 1 aliphatic heterocycles. The van der Waals surface area contributed by atoms with Crippen molar-refractivity contribution in [3.8, 4) is 0 Å². The normalized spacial score (nSPS) is 17.4. The Kier molecular flexibility index (Phi) is 4.28. The number of rotatable bonds is 5. The van der Waals surface area contributed by atoms with Gasteiger partial charge in [0.1, 0.15) is 6.61 Å². The van der Waals surface area contributed by atoms with Crippen LogP contribution in [0, 0.1) is 5.92 Å². The van der Waals surface area contributed by atoms with Gasteiger partial charge in [0.2, 0.25) is 0 Å². The molecule has 0 aromatic rings. The Labute approximate surface area is 92.5 Å². The third kappa shape index (κ3) is 3.22. The minimum Gasteiger partial charge on any atom is -0.479 e. The number of carbonyl (C=O) groups excluding carboxylic acids is 1. The van der Waals surface area contributed by atoms with Crippen LogP contribution in [-0.2, 0) is 9.53 Å². The van der Waals surface area contributed by atoms with Crippen LogP contribution >= 0.6 is 0 Å². The summed E-state index contributed by atoms with van der Waals surface area (Å²) in [4.78, 5) is 22.8. The summed E-state index contributed by atoms with van der Waals surface area (Å²) in [5, 5.41) is 8.35. The topological polar surface area (TPSA) is 66.8 Å². The molecule has 1 rings (SSSR count).